The second kappa shape index (κ2) is 3.87. The van der Waals surface area contributed by atoms with Gasteiger partial charge in [0.25, 0.3) is 0 Å². The quantitative estimate of drug-likeness (QED) is 0.626. The summed E-state index contributed by atoms with van der Waals surface area (Å²) in [5.74, 6) is 3.66. The van der Waals surface area contributed by atoms with Gasteiger partial charge in [-0.25, -0.2) is 0 Å². The molecule has 1 aliphatic rings. The summed E-state index contributed by atoms with van der Waals surface area (Å²) in [5.41, 5.74) is 1.64. The summed E-state index contributed by atoms with van der Waals surface area (Å²) in [7, 11) is 0. The fourth-order valence-electron chi connectivity index (χ4n) is 1.49. The smallest absolute Gasteiger partial charge is 0.00402 e. The summed E-state index contributed by atoms with van der Waals surface area (Å²) >= 11 is 2.07. The van der Waals surface area contributed by atoms with Crippen LogP contribution in [0.1, 0.15) is 34.6 Å². The van der Waals surface area contributed by atoms with Gasteiger partial charge in [0.2, 0.25) is 0 Å². The van der Waals surface area contributed by atoms with E-state index < -0.39 is 0 Å². The average molecular weight is 184 g/mol. The van der Waals surface area contributed by atoms with E-state index in [1.807, 2.05) is 0 Å². The third kappa shape index (κ3) is 1.87. The lowest BCUT2D eigenvalue weighted by Crippen LogP contribution is -2.05. The predicted molar refractivity (Wildman–Crippen MR) is 58.3 cm³/mol. The molecule has 0 fully saturated rings. The standard InChI is InChI=1S/C11H20S/c1-7(2)9(4)11-10(5)8(3)6-12-11/h7-9H,6H2,1-5H3. The lowest BCUT2D eigenvalue weighted by molar-refractivity contribution is 0.494. The lowest BCUT2D eigenvalue weighted by atomic mass is 9.92. The van der Waals surface area contributed by atoms with Gasteiger partial charge in [-0.15, -0.1) is 11.8 Å². The highest BCUT2D eigenvalue weighted by Gasteiger charge is 2.24. The Morgan fingerprint density at radius 1 is 1.33 bits per heavy atom. The first kappa shape index (κ1) is 10.2. The van der Waals surface area contributed by atoms with E-state index in [-0.39, 0.29) is 0 Å². The normalized spacial score (nSPS) is 27.0. The molecule has 0 aromatic rings. The van der Waals surface area contributed by atoms with Gasteiger partial charge in [0, 0.05) is 5.75 Å². The largest absolute Gasteiger partial charge is 0.130 e. The van der Waals surface area contributed by atoms with Gasteiger partial charge in [-0.3, -0.25) is 0 Å². The summed E-state index contributed by atoms with van der Waals surface area (Å²) < 4.78 is 0. The Bertz CT molecular complexity index is 191. The fraction of sp³-hybridized carbons (Fsp3) is 0.818. The molecule has 0 spiro atoms. The molecule has 0 aromatic carbocycles. The first-order chi connectivity index (χ1) is 5.54. The van der Waals surface area contributed by atoms with Crippen LogP contribution in [0.4, 0.5) is 0 Å². The van der Waals surface area contributed by atoms with Crippen LogP contribution in [0.2, 0.25) is 0 Å². The minimum absolute atomic E-state index is 0.764. The SMILES string of the molecule is CC1=C(C(C)C(C)C)SCC1C. The number of rotatable bonds is 2. The second-order valence-corrected chi connectivity index (χ2v) is 5.35. The Balaban J connectivity index is 2.75. The Morgan fingerprint density at radius 2 is 1.92 bits per heavy atom. The summed E-state index contributed by atoms with van der Waals surface area (Å²) in [4.78, 5) is 1.66. The molecule has 1 rings (SSSR count). The Hall–Kier alpha value is 0.0900. The van der Waals surface area contributed by atoms with Crippen LogP contribution >= 0.6 is 11.8 Å². The molecule has 0 amide bonds. The van der Waals surface area contributed by atoms with Gasteiger partial charge in [0.1, 0.15) is 0 Å². The van der Waals surface area contributed by atoms with Crippen molar-refractivity contribution in [2.45, 2.75) is 34.6 Å². The van der Waals surface area contributed by atoms with Crippen molar-refractivity contribution >= 4 is 11.8 Å². The zero-order valence-electron chi connectivity index (χ0n) is 8.85. The van der Waals surface area contributed by atoms with Crippen LogP contribution in [0.5, 0.6) is 0 Å². The first-order valence-electron chi connectivity index (χ1n) is 4.87. The van der Waals surface area contributed by atoms with Crippen molar-refractivity contribution in [2.24, 2.45) is 17.8 Å². The predicted octanol–water partition coefficient (Wildman–Crippen LogP) is 3.94. The number of hydrogen-bond acceptors (Lipinski definition) is 1. The van der Waals surface area contributed by atoms with Crippen molar-refractivity contribution in [3.63, 3.8) is 0 Å². The molecule has 0 aromatic heterocycles. The number of thioether (sulfide) groups is 1. The Labute approximate surface area is 80.8 Å². The van der Waals surface area contributed by atoms with Gasteiger partial charge in [0.15, 0.2) is 0 Å². The molecular formula is C11H20S. The van der Waals surface area contributed by atoms with E-state index in [1.54, 1.807) is 10.5 Å². The maximum absolute atomic E-state index is 2.36. The van der Waals surface area contributed by atoms with Crippen LogP contribution in [0, 0.1) is 17.8 Å². The molecule has 1 heterocycles. The summed E-state index contributed by atoms with van der Waals surface area (Å²) in [6, 6.07) is 0. The molecule has 2 unspecified atom stereocenters. The molecule has 70 valence electrons. The third-order valence-electron chi connectivity index (χ3n) is 3.03. The molecule has 2 atom stereocenters. The minimum atomic E-state index is 0.764. The second-order valence-electron chi connectivity index (χ2n) is 4.29. The van der Waals surface area contributed by atoms with Crippen LogP contribution in [-0.4, -0.2) is 5.75 Å². The molecule has 0 bridgehead atoms. The first-order valence-corrected chi connectivity index (χ1v) is 5.86. The van der Waals surface area contributed by atoms with Crippen molar-refractivity contribution in [1.82, 2.24) is 0 Å². The zero-order valence-corrected chi connectivity index (χ0v) is 9.66. The maximum Gasteiger partial charge on any atom is 0.00402 e. The highest BCUT2D eigenvalue weighted by atomic mass is 32.2. The third-order valence-corrected chi connectivity index (χ3v) is 4.70. The van der Waals surface area contributed by atoms with E-state index >= 15 is 0 Å². The van der Waals surface area contributed by atoms with Crippen LogP contribution in [-0.2, 0) is 0 Å². The van der Waals surface area contributed by atoms with Crippen molar-refractivity contribution in [2.75, 3.05) is 5.75 Å². The van der Waals surface area contributed by atoms with E-state index in [4.69, 9.17) is 0 Å². The lowest BCUT2D eigenvalue weighted by Gasteiger charge is -2.17. The zero-order chi connectivity index (χ0) is 9.30. The van der Waals surface area contributed by atoms with Gasteiger partial charge in [-0.2, -0.15) is 0 Å². The van der Waals surface area contributed by atoms with Crippen molar-refractivity contribution in [3.05, 3.63) is 10.5 Å². The van der Waals surface area contributed by atoms with E-state index in [0.717, 1.165) is 17.8 Å². The van der Waals surface area contributed by atoms with Crippen LogP contribution in [0.25, 0.3) is 0 Å². The van der Waals surface area contributed by atoms with E-state index in [2.05, 4.69) is 46.4 Å². The number of hydrogen-bond donors (Lipinski definition) is 0. The van der Waals surface area contributed by atoms with Gasteiger partial charge in [0.05, 0.1) is 0 Å². The van der Waals surface area contributed by atoms with Crippen molar-refractivity contribution in [3.8, 4) is 0 Å². The maximum atomic E-state index is 2.36. The monoisotopic (exact) mass is 184 g/mol. The number of allylic oxidation sites excluding steroid dienone is 2. The molecule has 0 radical (unpaired) electrons. The molecule has 12 heavy (non-hydrogen) atoms. The van der Waals surface area contributed by atoms with Crippen molar-refractivity contribution in [1.29, 1.82) is 0 Å². The van der Waals surface area contributed by atoms with Gasteiger partial charge in [-0.1, -0.05) is 33.3 Å². The van der Waals surface area contributed by atoms with Gasteiger partial charge < -0.3 is 0 Å². The fourth-order valence-corrected chi connectivity index (χ4v) is 3.13. The van der Waals surface area contributed by atoms with Gasteiger partial charge in [-0.05, 0) is 29.6 Å². The minimum Gasteiger partial charge on any atom is -0.130 e. The summed E-state index contributed by atoms with van der Waals surface area (Å²) in [6.45, 7) is 11.6. The highest BCUT2D eigenvalue weighted by molar-refractivity contribution is 8.03. The average Bonchev–Trinajstić information content (AvgIpc) is 2.32. The van der Waals surface area contributed by atoms with E-state index in [9.17, 15) is 0 Å². The molecule has 0 saturated heterocycles. The summed E-state index contributed by atoms with van der Waals surface area (Å²) in [6.07, 6.45) is 0. The molecule has 0 aliphatic carbocycles. The molecule has 0 saturated carbocycles. The topological polar surface area (TPSA) is 0 Å². The molecule has 1 heteroatoms. The summed E-state index contributed by atoms with van der Waals surface area (Å²) in [5, 5.41) is 0. The van der Waals surface area contributed by atoms with Crippen LogP contribution in [0.15, 0.2) is 10.5 Å². The Morgan fingerprint density at radius 3 is 2.25 bits per heavy atom. The van der Waals surface area contributed by atoms with Crippen LogP contribution in [0.3, 0.4) is 0 Å². The van der Waals surface area contributed by atoms with Crippen molar-refractivity contribution < 1.29 is 0 Å². The van der Waals surface area contributed by atoms with Gasteiger partial charge >= 0.3 is 0 Å². The van der Waals surface area contributed by atoms with E-state index in [0.29, 0.717) is 0 Å². The molecular weight excluding hydrogens is 164 g/mol. The van der Waals surface area contributed by atoms with E-state index in [1.165, 1.54) is 5.75 Å². The van der Waals surface area contributed by atoms with Crippen LogP contribution < -0.4 is 0 Å². The highest BCUT2D eigenvalue weighted by Crippen LogP contribution is 2.41. The molecule has 1 aliphatic heterocycles. The molecule has 0 nitrogen and oxygen atoms in total. The Kier molecular flexibility index (Phi) is 3.28. The molecule has 0 N–H and O–H groups in total.